The summed E-state index contributed by atoms with van der Waals surface area (Å²) in [6, 6.07) is 0. The Morgan fingerprint density at radius 2 is 1.12 bits per heavy atom. The fraction of sp³-hybridized carbons (Fsp3) is 0.625. The molecule has 1 aromatic rings. The number of rotatable bonds is 3. The van der Waals surface area contributed by atoms with Crippen LogP contribution in [-0.2, 0) is 0 Å². The zero-order chi connectivity index (χ0) is 13.3. The standard InChI is InChI=1S/C16H25Br/c1-9(2)8-15(17)16-13(6)11(4)10(3)12(5)14(16)7/h9,15H,8H2,1-7H3. The van der Waals surface area contributed by atoms with E-state index in [0.717, 1.165) is 5.92 Å². The molecular weight excluding hydrogens is 272 g/mol. The van der Waals surface area contributed by atoms with Crippen LogP contribution in [0.5, 0.6) is 0 Å². The predicted molar refractivity (Wildman–Crippen MR) is 81.3 cm³/mol. The lowest BCUT2D eigenvalue weighted by molar-refractivity contribution is 0.581. The van der Waals surface area contributed by atoms with Crippen LogP contribution >= 0.6 is 15.9 Å². The van der Waals surface area contributed by atoms with Crippen LogP contribution < -0.4 is 0 Å². The van der Waals surface area contributed by atoms with Crippen LogP contribution in [0.2, 0.25) is 0 Å². The summed E-state index contributed by atoms with van der Waals surface area (Å²) in [6.45, 7) is 15.8. The van der Waals surface area contributed by atoms with E-state index < -0.39 is 0 Å². The maximum Gasteiger partial charge on any atom is 0.0403 e. The largest absolute Gasteiger partial charge is 0.0838 e. The fourth-order valence-corrected chi connectivity index (χ4v) is 3.96. The second-order valence-electron chi connectivity index (χ2n) is 5.64. The van der Waals surface area contributed by atoms with Crippen LogP contribution in [0.25, 0.3) is 0 Å². The highest BCUT2D eigenvalue weighted by molar-refractivity contribution is 9.09. The van der Waals surface area contributed by atoms with E-state index in [2.05, 4.69) is 64.4 Å². The van der Waals surface area contributed by atoms with Gasteiger partial charge in [-0.25, -0.2) is 0 Å². The fourth-order valence-electron chi connectivity index (χ4n) is 2.53. The van der Waals surface area contributed by atoms with Gasteiger partial charge in [-0.05, 0) is 80.3 Å². The first kappa shape index (κ1) is 14.8. The highest BCUT2D eigenvalue weighted by Gasteiger charge is 2.18. The molecule has 1 aromatic carbocycles. The molecule has 1 atom stereocenters. The van der Waals surface area contributed by atoms with Crippen LogP contribution in [0.3, 0.4) is 0 Å². The van der Waals surface area contributed by atoms with Gasteiger partial charge in [0, 0.05) is 4.83 Å². The molecule has 1 heteroatoms. The van der Waals surface area contributed by atoms with E-state index in [-0.39, 0.29) is 0 Å². The number of hydrogen-bond acceptors (Lipinski definition) is 0. The van der Waals surface area contributed by atoms with Crippen molar-refractivity contribution in [1.82, 2.24) is 0 Å². The smallest absolute Gasteiger partial charge is 0.0403 e. The Balaban J connectivity index is 3.33. The average molecular weight is 297 g/mol. The molecule has 0 N–H and O–H groups in total. The van der Waals surface area contributed by atoms with Crippen molar-refractivity contribution in [2.45, 2.75) is 59.7 Å². The van der Waals surface area contributed by atoms with Gasteiger partial charge < -0.3 is 0 Å². The van der Waals surface area contributed by atoms with Crippen molar-refractivity contribution in [3.05, 3.63) is 33.4 Å². The number of hydrogen-bond donors (Lipinski definition) is 0. The molecule has 0 saturated heterocycles. The Morgan fingerprint density at radius 3 is 1.47 bits per heavy atom. The van der Waals surface area contributed by atoms with Crippen molar-refractivity contribution < 1.29 is 0 Å². The normalized spacial score (nSPS) is 13.2. The lowest BCUT2D eigenvalue weighted by atomic mass is 9.86. The maximum absolute atomic E-state index is 3.88. The molecule has 0 amide bonds. The third-order valence-electron chi connectivity index (χ3n) is 4.05. The van der Waals surface area contributed by atoms with Crippen LogP contribution in [0.4, 0.5) is 0 Å². The Bertz CT molecular complexity index is 387. The minimum absolute atomic E-state index is 0.487. The van der Waals surface area contributed by atoms with Crippen molar-refractivity contribution in [2.75, 3.05) is 0 Å². The quantitative estimate of drug-likeness (QED) is 0.627. The van der Waals surface area contributed by atoms with Gasteiger partial charge in [-0.2, -0.15) is 0 Å². The Kier molecular flexibility index (Phi) is 4.83. The summed E-state index contributed by atoms with van der Waals surface area (Å²) in [7, 11) is 0. The van der Waals surface area contributed by atoms with E-state index in [4.69, 9.17) is 0 Å². The number of benzene rings is 1. The Morgan fingerprint density at radius 1 is 0.765 bits per heavy atom. The Labute approximate surface area is 115 Å². The molecule has 0 spiro atoms. The molecule has 0 heterocycles. The summed E-state index contributed by atoms with van der Waals surface area (Å²) in [5.74, 6) is 0.722. The molecule has 0 fully saturated rings. The van der Waals surface area contributed by atoms with Crippen LogP contribution in [0.1, 0.15) is 58.5 Å². The molecule has 0 aromatic heterocycles. The number of alkyl halides is 1. The highest BCUT2D eigenvalue weighted by Crippen LogP contribution is 2.37. The molecule has 0 radical (unpaired) electrons. The highest BCUT2D eigenvalue weighted by atomic mass is 79.9. The minimum atomic E-state index is 0.487. The summed E-state index contributed by atoms with van der Waals surface area (Å²) in [5.41, 5.74) is 8.81. The molecule has 0 aliphatic carbocycles. The first-order valence-corrected chi connectivity index (χ1v) is 7.39. The van der Waals surface area contributed by atoms with Gasteiger partial charge in [0.1, 0.15) is 0 Å². The van der Waals surface area contributed by atoms with Crippen LogP contribution in [-0.4, -0.2) is 0 Å². The molecule has 0 bridgehead atoms. The molecular formula is C16H25Br. The molecule has 1 unspecified atom stereocenters. The molecule has 0 aliphatic rings. The van der Waals surface area contributed by atoms with E-state index in [1.807, 2.05) is 0 Å². The van der Waals surface area contributed by atoms with Gasteiger partial charge in [-0.1, -0.05) is 29.8 Å². The van der Waals surface area contributed by atoms with E-state index in [9.17, 15) is 0 Å². The van der Waals surface area contributed by atoms with Crippen molar-refractivity contribution in [3.8, 4) is 0 Å². The monoisotopic (exact) mass is 296 g/mol. The SMILES string of the molecule is Cc1c(C)c(C)c(C(Br)CC(C)C)c(C)c1C. The van der Waals surface area contributed by atoms with Crippen LogP contribution in [0.15, 0.2) is 0 Å². The number of halogens is 1. The molecule has 1 rings (SSSR count). The zero-order valence-corrected chi connectivity index (χ0v) is 13.8. The summed E-state index contributed by atoms with van der Waals surface area (Å²) >= 11 is 3.88. The second-order valence-corrected chi connectivity index (χ2v) is 6.74. The maximum atomic E-state index is 3.88. The van der Waals surface area contributed by atoms with Crippen molar-refractivity contribution in [1.29, 1.82) is 0 Å². The van der Waals surface area contributed by atoms with Gasteiger partial charge in [0.05, 0.1) is 0 Å². The minimum Gasteiger partial charge on any atom is -0.0838 e. The summed E-state index contributed by atoms with van der Waals surface area (Å²) < 4.78 is 0. The molecule has 17 heavy (non-hydrogen) atoms. The van der Waals surface area contributed by atoms with Crippen molar-refractivity contribution in [2.24, 2.45) is 5.92 Å². The van der Waals surface area contributed by atoms with Crippen molar-refractivity contribution >= 4 is 15.9 Å². The van der Waals surface area contributed by atoms with E-state index in [1.54, 1.807) is 0 Å². The topological polar surface area (TPSA) is 0 Å². The summed E-state index contributed by atoms with van der Waals surface area (Å²) in [6.07, 6.45) is 1.20. The summed E-state index contributed by atoms with van der Waals surface area (Å²) in [4.78, 5) is 0.487. The first-order chi connectivity index (χ1) is 7.77. The van der Waals surface area contributed by atoms with Crippen LogP contribution in [0, 0.1) is 40.5 Å². The molecule has 0 saturated carbocycles. The van der Waals surface area contributed by atoms with E-state index in [1.165, 1.54) is 39.8 Å². The zero-order valence-electron chi connectivity index (χ0n) is 12.2. The van der Waals surface area contributed by atoms with Gasteiger partial charge in [-0.15, -0.1) is 0 Å². The lowest BCUT2D eigenvalue weighted by Gasteiger charge is -2.23. The lowest BCUT2D eigenvalue weighted by Crippen LogP contribution is -2.06. The average Bonchev–Trinajstić information content (AvgIpc) is 2.23. The van der Waals surface area contributed by atoms with E-state index in [0.29, 0.717) is 4.83 Å². The van der Waals surface area contributed by atoms with Gasteiger partial charge >= 0.3 is 0 Å². The molecule has 0 aliphatic heterocycles. The third-order valence-corrected chi connectivity index (χ3v) is 4.88. The Hall–Kier alpha value is -0.300. The van der Waals surface area contributed by atoms with Gasteiger partial charge in [0.15, 0.2) is 0 Å². The molecule has 96 valence electrons. The van der Waals surface area contributed by atoms with Crippen molar-refractivity contribution in [3.63, 3.8) is 0 Å². The van der Waals surface area contributed by atoms with Gasteiger partial charge in [-0.3, -0.25) is 0 Å². The van der Waals surface area contributed by atoms with Gasteiger partial charge in [0.25, 0.3) is 0 Å². The van der Waals surface area contributed by atoms with E-state index >= 15 is 0 Å². The third kappa shape index (κ3) is 2.93. The predicted octanol–water partition coefficient (Wildman–Crippen LogP) is 5.71. The van der Waals surface area contributed by atoms with Gasteiger partial charge in [0.2, 0.25) is 0 Å². The second kappa shape index (κ2) is 5.56. The first-order valence-electron chi connectivity index (χ1n) is 6.48. The summed E-state index contributed by atoms with van der Waals surface area (Å²) in [5, 5.41) is 0. The molecule has 0 nitrogen and oxygen atoms in total.